The lowest BCUT2D eigenvalue weighted by Gasteiger charge is -2.19. The van der Waals surface area contributed by atoms with Crippen LogP contribution < -0.4 is 0 Å². The summed E-state index contributed by atoms with van der Waals surface area (Å²) in [5.74, 6) is 2.88. The molecular formula is C10H17N3O. The van der Waals surface area contributed by atoms with Crippen LogP contribution >= 0.6 is 0 Å². The lowest BCUT2D eigenvalue weighted by atomic mass is 10.00. The van der Waals surface area contributed by atoms with Gasteiger partial charge >= 0.3 is 0 Å². The fourth-order valence-electron chi connectivity index (χ4n) is 1.70. The number of rotatable bonds is 2. The van der Waals surface area contributed by atoms with E-state index in [1.54, 1.807) is 0 Å². The van der Waals surface area contributed by atoms with E-state index >= 15 is 0 Å². The van der Waals surface area contributed by atoms with Gasteiger partial charge in [-0.15, -0.1) is 0 Å². The van der Waals surface area contributed by atoms with E-state index in [0.29, 0.717) is 11.8 Å². The molecular weight excluding hydrogens is 178 g/mol. The third-order valence-electron chi connectivity index (χ3n) is 2.64. The van der Waals surface area contributed by atoms with Crippen LogP contribution in [0.5, 0.6) is 0 Å². The lowest BCUT2D eigenvalue weighted by molar-refractivity contribution is 0.0836. The predicted octanol–water partition coefficient (Wildman–Crippen LogP) is 1.82. The standard InChI is InChI=1S/C10H17N3O/c1-7(2)9-11-10(13-12-9)8-3-5-14-6-4-8/h7-8H,3-6H2,1-2H3,(H,11,12,13). The number of aromatic amines is 1. The molecule has 4 nitrogen and oxygen atoms in total. The first-order valence-electron chi connectivity index (χ1n) is 5.27. The van der Waals surface area contributed by atoms with Crippen LogP contribution in [0, 0.1) is 0 Å². The summed E-state index contributed by atoms with van der Waals surface area (Å²) in [6, 6.07) is 0. The molecule has 2 heterocycles. The van der Waals surface area contributed by atoms with E-state index in [-0.39, 0.29) is 0 Å². The Bertz CT molecular complexity index is 289. The molecule has 0 bridgehead atoms. The van der Waals surface area contributed by atoms with Gasteiger partial charge in [-0.2, -0.15) is 5.10 Å². The monoisotopic (exact) mass is 195 g/mol. The van der Waals surface area contributed by atoms with E-state index < -0.39 is 0 Å². The first kappa shape index (κ1) is 9.65. The molecule has 0 spiro atoms. The Morgan fingerprint density at radius 3 is 2.64 bits per heavy atom. The summed E-state index contributed by atoms with van der Waals surface area (Å²) in [6.07, 6.45) is 2.12. The fraction of sp³-hybridized carbons (Fsp3) is 0.800. The average molecular weight is 195 g/mol. The summed E-state index contributed by atoms with van der Waals surface area (Å²) in [5, 5.41) is 7.25. The van der Waals surface area contributed by atoms with Crippen LogP contribution in [0.1, 0.15) is 50.2 Å². The minimum absolute atomic E-state index is 0.403. The molecule has 0 atom stereocenters. The molecule has 0 radical (unpaired) electrons. The molecule has 1 fully saturated rings. The molecule has 0 aromatic carbocycles. The van der Waals surface area contributed by atoms with E-state index in [0.717, 1.165) is 37.7 Å². The molecule has 0 saturated carbocycles. The van der Waals surface area contributed by atoms with Crippen LogP contribution in [0.2, 0.25) is 0 Å². The molecule has 1 aromatic rings. The summed E-state index contributed by atoms with van der Waals surface area (Å²) in [4.78, 5) is 4.51. The van der Waals surface area contributed by atoms with Gasteiger partial charge in [0.1, 0.15) is 5.82 Å². The first-order chi connectivity index (χ1) is 6.77. The largest absolute Gasteiger partial charge is 0.381 e. The van der Waals surface area contributed by atoms with Crippen molar-refractivity contribution in [3.63, 3.8) is 0 Å². The molecule has 14 heavy (non-hydrogen) atoms. The second-order valence-corrected chi connectivity index (χ2v) is 4.12. The minimum atomic E-state index is 0.403. The van der Waals surface area contributed by atoms with Gasteiger partial charge in [0.2, 0.25) is 0 Å². The SMILES string of the molecule is CC(C)c1n[nH]c(C2CCOCC2)n1. The van der Waals surface area contributed by atoms with Crippen molar-refractivity contribution in [3.05, 3.63) is 11.6 Å². The molecule has 2 rings (SSSR count). The summed E-state index contributed by atoms with van der Waals surface area (Å²) in [6.45, 7) is 5.92. The van der Waals surface area contributed by atoms with Crippen molar-refractivity contribution in [2.45, 2.75) is 38.5 Å². The number of hydrogen-bond acceptors (Lipinski definition) is 3. The topological polar surface area (TPSA) is 50.8 Å². The normalized spacial score (nSPS) is 19.1. The van der Waals surface area contributed by atoms with Crippen LogP contribution in [-0.2, 0) is 4.74 Å². The molecule has 4 heteroatoms. The maximum absolute atomic E-state index is 5.31. The van der Waals surface area contributed by atoms with Gasteiger partial charge in [-0.3, -0.25) is 5.10 Å². The molecule has 1 aliphatic rings. The van der Waals surface area contributed by atoms with Crippen LogP contribution in [0.4, 0.5) is 0 Å². The molecule has 0 amide bonds. The first-order valence-corrected chi connectivity index (χ1v) is 5.27. The zero-order valence-corrected chi connectivity index (χ0v) is 8.79. The maximum Gasteiger partial charge on any atom is 0.153 e. The number of H-pyrrole nitrogens is 1. The molecule has 0 unspecified atom stereocenters. The van der Waals surface area contributed by atoms with E-state index in [1.807, 2.05) is 0 Å². The van der Waals surface area contributed by atoms with Gasteiger partial charge in [0.05, 0.1) is 0 Å². The van der Waals surface area contributed by atoms with Crippen molar-refractivity contribution < 1.29 is 4.74 Å². The molecule has 1 aliphatic heterocycles. The third-order valence-corrected chi connectivity index (χ3v) is 2.64. The fourth-order valence-corrected chi connectivity index (χ4v) is 1.70. The van der Waals surface area contributed by atoms with Crippen LogP contribution in [0.25, 0.3) is 0 Å². The number of ether oxygens (including phenoxy) is 1. The van der Waals surface area contributed by atoms with Gasteiger partial charge in [0.25, 0.3) is 0 Å². The van der Waals surface area contributed by atoms with E-state index in [1.165, 1.54) is 0 Å². The Hall–Kier alpha value is -0.900. The van der Waals surface area contributed by atoms with Gasteiger partial charge in [-0.05, 0) is 12.8 Å². The Morgan fingerprint density at radius 2 is 2.07 bits per heavy atom. The number of hydrogen-bond donors (Lipinski definition) is 1. The summed E-state index contributed by atoms with van der Waals surface area (Å²) in [5.41, 5.74) is 0. The second-order valence-electron chi connectivity index (χ2n) is 4.12. The number of nitrogens with one attached hydrogen (secondary N) is 1. The summed E-state index contributed by atoms with van der Waals surface area (Å²) < 4.78 is 5.31. The van der Waals surface area contributed by atoms with Crippen LogP contribution in [0.15, 0.2) is 0 Å². The van der Waals surface area contributed by atoms with Crippen LogP contribution in [-0.4, -0.2) is 28.4 Å². The van der Waals surface area contributed by atoms with Gasteiger partial charge < -0.3 is 4.74 Å². The zero-order chi connectivity index (χ0) is 9.97. The maximum atomic E-state index is 5.31. The minimum Gasteiger partial charge on any atom is -0.381 e. The number of nitrogens with zero attached hydrogens (tertiary/aromatic N) is 2. The van der Waals surface area contributed by atoms with Crippen molar-refractivity contribution >= 4 is 0 Å². The van der Waals surface area contributed by atoms with Gasteiger partial charge in [-0.25, -0.2) is 4.98 Å². The Balaban J connectivity index is 2.07. The highest BCUT2D eigenvalue weighted by molar-refractivity contribution is 5.01. The molecule has 1 aromatic heterocycles. The highest BCUT2D eigenvalue weighted by Gasteiger charge is 2.19. The van der Waals surface area contributed by atoms with Gasteiger partial charge in [-0.1, -0.05) is 13.8 Å². The summed E-state index contributed by atoms with van der Waals surface area (Å²) >= 11 is 0. The van der Waals surface area contributed by atoms with Crippen molar-refractivity contribution in [2.75, 3.05) is 13.2 Å². The van der Waals surface area contributed by atoms with Crippen LogP contribution in [0.3, 0.4) is 0 Å². The lowest BCUT2D eigenvalue weighted by Crippen LogP contribution is -2.15. The smallest absolute Gasteiger partial charge is 0.153 e. The molecule has 78 valence electrons. The molecule has 0 aliphatic carbocycles. The highest BCUT2D eigenvalue weighted by atomic mass is 16.5. The number of aromatic nitrogens is 3. The van der Waals surface area contributed by atoms with Crippen molar-refractivity contribution in [1.82, 2.24) is 15.2 Å². The highest BCUT2D eigenvalue weighted by Crippen LogP contribution is 2.24. The van der Waals surface area contributed by atoms with Crippen molar-refractivity contribution in [3.8, 4) is 0 Å². The zero-order valence-electron chi connectivity index (χ0n) is 8.79. The third kappa shape index (κ3) is 1.95. The van der Waals surface area contributed by atoms with Gasteiger partial charge in [0.15, 0.2) is 5.82 Å². The van der Waals surface area contributed by atoms with Gasteiger partial charge in [0, 0.05) is 25.0 Å². The van der Waals surface area contributed by atoms with E-state index in [2.05, 4.69) is 29.0 Å². The average Bonchev–Trinajstić information content (AvgIpc) is 2.68. The van der Waals surface area contributed by atoms with E-state index in [4.69, 9.17) is 4.74 Å². The summed E-state index contributed by atoms with van der Waals surface area (Å²) in [7, 11) is 0. The molecule has 1 saturated heterocycles. The quantitative estimate of drug-likeness (QED) is 0.783. The van der Waals surface area contributed by atoms with Crippen molar-refractivity contribution in [2.24, 2.45) is 0 Å². The Kier molecular flexibility index (Phi) is 2.82. The van der Waals surface area contributed by atoms with Crippen molar-refractivity contribution in [1.29, 1.82) is 0 Å². The van der Waals surface area contributed by atoms with E-state index in [9.17, 15) is 0 Å². The molecule has 1 N–H and O–H groups in total. The predicted molar refractivity (Wildman–Crippen MR) is 53.3 cm³/mol. The second kappa shape index (κ2) is 4.09. The Labute approximate surface area is 84.1 Å². The Morgan fingerprint density at radius 1 is 1.36 bits per heavy atom.